The van der Waals surface area contributed by atoms with Crippen molar-refractivity contribution in [2.24, 2.45) is 0 Å². The number of carbonyl (C=O) groups excluding carboxylic acids is 1. The van der Waals surface area contributed by atoms with E-state index in [1.807, 2.05) is 24.3 Å². The standard InChI is InChI=1S/C20H22N4OS/c1-15-3-4-16(2)19(9-15)26-12-20(25)22-10-17-5-7-18(8-6-17)11-24-14-21-13-23-24/h3-9,13-14H,10-12H2,1-2H3,(H,22,25). The van der Waals surface area contributed by atoms with Crippen LogP contribution in [0.15, 0.2) is 60.0 Å². The minimum absolute atomic E-state index is 0.0441. The summed E-state index contributed by atoms with van der Waals surface area (Å²) in [5, 5.41) is 7.08. The monoisotopic (exact) mass is 366 g/mol. The van der Waals surface area contributed by atoms with E-state index in [0.29, 0.717) is 18.8 Å². The zero-order valence-electron chi connectivity index (χ0n) is 15.0. The lowest BCUT2D eigenvalue weighted by Crippen LogP contribution is -2.24. The van der Waals surface area contributed by atoms with Gasteiger partial charge in [-0.15, -0.1) is 11.8 Å². The van der Waals surface area contributed by atoms with Crippen LogP contribution in [0.1, 0.15) is 22.3 Å². The van der Waals surface area contributed by atoms with Gasteiger partial charge in [0, 0.05) is 11.4 Å². The summed E-state index contributed by atoms with van der Waals surface area (Å²) in [6, 6.07) is 14.5. The number of amides is 1. The summed E-state index contributed by atoms with van der Waals surface area (Å²) in [4.78, 5) is 17.2. The van der Waals surface area contributed by atoms with Gasteiger partial charge in [-0.2, -0.15) is 5.10 Å². The lowest BCUT2D eigenvalue weighted by atomic mass is 10.1. The van der Waals surface area contributed by atoms with Crippen molar-refractivity contribution in [3.8, 4) is 0 Å². The van der Waals surface area contributed by atoms with Gasteiger partial charge in [0.15, 0.2) is 0 Å². The summed E-state index contributed by atoms with van der Waals surface area (Å²) in [6.07, 6.45) is 3.22. The highest BCUT2D eigenvalue weighted by atomic mass is 32.2. The van der Waals surface area contributed by atoms with Gasteiger partial charge >= 0.3 is 0 Å². The summed E-state index contributed by atoms with van der Waals surface area (Å²) in [7, 11) is 0. The molecule has 2 aromatic carbocycles. The maximum atomic E-state index is 12.1. The summed E-state index contributed by atoms with van der Waals surface area (Å²) < 4.78 is 1.78. The molecule has 26 heavy (non-hydrogen) atoms. The molecule has 134 valence electrons. The average molecular weight is 366 g/mol. The Morgan fingerprint density at radius 1 is 1.12 bits per heavy atom. The van der Waals surface area contributed by atoms with E-state index in [2.05, 4.69) is 47.4 Å². The first-order valence-corrected chi connectivity index (χ1v) is 9.46. The van der Waals surface area contributed by atoms with Gasteiger partial charge in [-0.05, 0) is 36.6 Å². The van der Waals surface area contributed by atoms with Gasteiger partial charge in [0.25, 0.3) is 0 Å². The Bertz CT molecular complexity index is 860. The van der Waals surface area contributed by atoms with Crippen LogP contribution < -0.4 is 5.32 Å². The van der Waals surface area contributed by atoms with E-state index in [9.17, 15) is 4.79 Å². The van der Waals surface area contributed by atoms with Crippen LogP contribution in [0.2, 0.25) is 0 Å². The minimum Gasteiger partial charge on any atom is -0.351 e. The lowest BCUT2D eigenvalue weighted by Gasteiger charge is -2.08. The molecular formula is C20H22N4OS. The molecule has 0 atom stereocenters. The number of nitrogens with one attached hydrogen (secondary N) is 1. The number of benzene rings is 2. The van der Waals surface area contributed by atoms with Gasteiger partial charge < -0.3 is 5.32 Å². The maximum Gasteiger partial charge on any atom is 0.230 e. The van der Waals surface area contributed by atoms with Crippen molar-refractivity contribution in [1.82, 2.24) is 20.1 Å². The van der Waals surface area contributed by atoms with E-state index in [0.717, 1.165) is 16.0 Å². The SMILES string of the molecule is Cc1ccc(C)c(SCC(=O)NCc2ccc(Cn3cncn3)cc2)c1. The smallest absolute Gasteiger partial charge is 0.230 e. The number of thioether (sulfide) groups is 1. The third-order valence-corrected chi connectivity index (χ3v) is 5.18. The highest BCUT2D eigenvalue weighted by Crippen LogP contribution is 2.23. The van der Waals surface area contributed by atoms with Gasteiger partial charge in [-0.3, -0.25) is 4.79 Å². The zero-order chi connectivity index (χ0) is 18.4. The van der Waals surface area contributed by atoms with E-state index in [1.54, 1.807) is 22.8 Å². The fourth-order valence-corrected chi connectivity index (χ4v) is 3.48. The topological polar surface area (TPSA) is 59.8 Å². The van der Waals surface area contributed by atoms with Crippen molar-refractivity contribution in [2.45, 2.75) is 31.8 Å². The number of aromatic nitrogens is 3. The van der Waals surface area contributed by atoms with Gasteiger partial charge in [-0.25, -0.2) is 9.67 Å². The van der Waals surface area contributed by atoms with Crippen molar-refractivity contribution in [3.63, 3.8) is 0 Å². The Balaban J connectivity index is 1.46. The summed E-state index contributed by atoms with van der Waals surface area (Å²) in [5.41, 5.74) is 4.65. The van der Waals surface area contributed by atoms with Crippen LogP contribution in [0, 0.1) is 13.8 Å². The van der Waals surface area contributed by atoms with Crippen molar-refractivity contribution < 1.29 is 4.79 Å². The third kappa shape index (κ3) is 5.20. The summed E-state index contributed by atoms with van der Waals surface area (Å²) in [5.74, 6) is 0.469. The molecule has 6 heteroatoms. The molecule has 0 bridgehead atoms. The first-order valence-electron chi connectivity index (χ1n) is 8.47. The highest BCUT2D eigenvalue weighted by molar-refractivity contribution is 8.00. The highest BCUT2D eigenvalue weighted by Gasteiger charge is 2.06. The fourth-order valence-electron chi connectivity index (χ4n) is 2.52. The first kappa shape index (κ1) is 18.2. The number of aryl methyl sites for hydroxylation is 2. The zero-order valence-corrected chi connectivity index (χ0v) is 15.8. The average Bonchev–Trinajstić information content (AvgIpc) is 3.15. The van der Waals surface area contributed by atoms with Gasteiger partial charge in [0.05, 0.1) is 12.3 Å². The molecule has 1 amide bonds. The largest absolute Gasteiger partial charge is 0.351 e. The Morgan fingerprint density at radius 3 is 2.62 bits per heavy atom. The van der Waals surface area contributed by atoms with Crippen LogP contribution in [0.3, 0.4) is 0 Å². The second kappa shape index (κ2) is 8.67. The first-order chi connectivity index (χ1) is 12.6. The molecule has 0 spiro atoms. The maximum absolute atomic E-state index is 12.1. The van der Waals surface area contributed by atoms with Gasteiger partial charge in [0.2, 0.25) is 5.91 Å². The second-order valence-corrected chi connectivity index (χ2v) is 7.26. The lowest BCUT2D eigenvalue weighted by molar-refractivity contribution is -0.118. The third-order valence-electron chi connectivity index (χ3n) is 4.03. The van der Waals surface area contributed by atoms with E-state index in [-0.39, 0.29) is 5.91 Å². The van der Waals surface area contributed by atoms with Crippen molar-refractivity contribution >= 4 is 17.7 Å². The Morgan fingerprint density at radius 2 is 1.88 bits per heavy atom. The Labute approximate surface area is 157 Å². The van der Waals surface area contributed by atoms with Crippen molar-refractivity contribution in [1.29, 1.82) is 0 Å². The van der Waals surface area contributed by atoms with Crippen LogP contribution in [-0.4, -0.2) is 26.4 Å². The summed E-state index contributed by atoms with van der Waals surface area (Å²) in [6.45, 7) is 5.37. The second-order valence-electron chi connectivity index (χ2n) is 6.24. The molecule has 0 saturated carbocycles. The van der Waals surface area contributed by atoms with Gasteiger partial charge in [0.1, 0.15) is 12.7 Å². The molecular weight excluding hydrogens is 344 g/mol. The molecule has 1 N–H and O–H groups in total. The van der Waals surface area contributed by atoms with Crippen LogP contribution in [0.4, 0.5) is 0 Å². The molecule has 0 radical (unpaired) electrons. The summed E-state index contributed by atoms with van der Waals surface area (Å²) >= 11 is 1.58. The predicted molar refractivity (Wildman–Crippen MR) is 104 cm³/mol. The quantitative estimate of drug-likeness (QED) is 0.652. The molecule has 3 aromatic rings. The fraction of sp³-hybridized carbons (Fsp3) is 0.250. The molecule has 0 fully saturated rings. The molecule has 1 aromatic heterocycles. The molecule has 1 heterocycles. The van der Waals surface area contributed by atoms with Crippen LogP contribution in [0.5, 0.6) is 0 Å². The Hall–Kier alpha value is -2.60. The van der Waals surface area contributed by atoms with Crippen LogP contribution >= 0.6 is 11.8 Å². The van der Waals surface area contributed by atoms with Crippen molar-refractivity contribution in [3.05, 3.63) is 77.4 Å². The van der Waals surface area contributed by atoms with E-state index in [1.165, 1.54) is 17.5 Å². The van der Waals surface area contributed by atoms with Crippen molar-refractivity contribution in [2.75, 3.05) is 5.75 Å². The number of hydrogen-bond donors (Lipinski definition) is 1. The van der Waals surface area contributed by atoms with E-state index >= 15 is 0 Å². The number of rotatable bonds is 7. The molecule has 0 aliphatic carbocycles. The Kier molecular flexibility index (Phi) is 6.07. The molecule has 0 saturated heterocycles. The number of hydrogen-bond acceptors (Lipinski definition) is 4. The van der Waals surface area contributed by atoms with Crippen LogP contribution in [-0.2, 0) is 17.9 Å². The van der Waals surface area contributed by atoms with E-state index in [4.69, 9.17) is 0 Å². The van der Waals surface area contributed by atoms with Crippen LogP contribution in [0.25, 0.3) is 0 Å². The molecule has 0 aliphatic heterocycles. The predicted octanol–water partition coefficient (Wildman–Crippen LogP) is 3.35. The molecule has 3 rings (SSSR count). The molecule has 0 unspecified atom stereocenters. The number of nitrogens with zero attached hydrogens (tertiary/aromatic N) is 3. The number of carbonyl (C=O) groups is 1. The minimum atomic E-state index is 0.0441. The normalized spacial score (nSPS) is 10.7. The molecule has 0 aliphatic rings. The van der Waals surface area contributed by atoms with Gasteiger partial charge in [-0.1, -0.05) is 42.0 Å². The van der Waals surface area contributed by atoms with E-state index < -0.39 is 0 Å². The molecule has 5 nitrogen and oxygen atoms in total.